The molecule has 0 fully saturated rings. The fourth-order valence-corrected chi connectivity index (χ4v) is 3.02. The van der Waals surface area contributed by atoms with Crippen molar-refractivity contribution in [2.75, 3.05) is 0 Å². The van der Waals surface area contributed by atoms with Crippen LogP contribution in [0.25, 0.3) is 11.4 Å². The van der Waals surface area contributed by atoms with Crippen LogP contribution < -0.4 is 5.32 Å². The first kappa shape index (κ1) is 16.1. The summed E-state index contributed by atoms with van der Waals surface area (Å²) in [5, 5.41) is 16.0. The summed E-state index contributed by atoms with van der Waals surface area (Å²) in [6.45, 7) is 0. The van der Waals surface area contributed by atoms with Crippen molar-refractivity contribution in [3.8, 4) is 11.4 Å². The van der Waals surface area contributed by atoms with Gasteiger partial charge in [-0.3, -0.25) is 9.78 Å². The SMILES string of the molecule is O=C(N[C@H]1CC=CC[C@@H]1n1nnc(-c2ccccc2)n1)c1ccccn1. The van der Waals surface area contributed by atoms with Crippen molar-refractivity contribution < 1.29 is 4.79 Å². The third-order valence-electron chi connectivity index (χ3n) is 4.37. The maximum Gasteiger partial charge on any atom is 0.270 e. The van der Waals surface area contributed by atoms with Gasteiger partial charge in [-0.05, 0) is 30.2 Å². The van der Waals surface area contributed by atoms with E-state index < -0.39 is 0 Å². The number of nitrogens with zero attached hydrogens (tertiary/aromatic N) is 5. The molecule has 0 radical (unpaired) electrons. The molecule has 0 saturated carbocycles. The van der Waals surface area contributed by atoms with Gasteiger partial charge in [-0.25, -0.2) is 0 Å². The molecule has 0 spiro atoms. The van der Waals surface area contributed by atoms with Crippen molar-refractivity contribution in [3.63, 3.8) is 0 Å². The predicted molar refractivity (Wildman–Crippen MR) is 96.2 cm³/mol. The minimum absolute atomic E-state index is 0.0855. The predicted octanol–water partition coefficient (Wildman–Crippen LogP) is 2.42. The van der Waals surface area contributed by atoms with Crippen molar-refractivity contribution in [1.29, 1.82) is 0 Å². The number of rotatable bonds is 4. The summed E-state index contributed by atoms with van der Waals surface area (Å²) in [6.07, 6.45) is 7.20. The van der Waals surface area contributed by atoms with Gasteiger partial charge >= 0.3 is 0 Å². The highest BCUT2D eigenvalue weighted by Crippen LogP contribution is 2.24. The average Bonchev–Trinajstić information content (AvgIpc) is 3.20. The molecule has 26 heavy (non-hydrogen) atoms. The Morgan fingerprint density at radius 3 is 2.65 bits per heavy atom. The molecule has 7 nitrogen and oxygen atoms in total. The van der Waals surface area contributed by atoms with E-state index in [1.54, 1.807) is 29.2 Å². The number of amides is 1. The number of hydrogen-bond donors (Lipinski definition) is 1. The lowest BCUT2D eigenvalue weighted by Gasteiger charge is -2.27. The number of hydrogen-bond acceptors (Lipinski definition) is 5. The number of aromatic nitrogens is 5. The van der Waals surface area contributed by atoms with Gasteiger partial charge in [0.05, 0.1) is 12.1 Å². The molecule has 1 N–H and O–H groups in total. The normalized spacial score (nSPS) is 19.2. The lowest BCUT2D eigenvalue weighted by Crippen LogP contribution is -2.43. The molecule has 0 unspecified atom stereocenters. The van der Waals surface area contributed by atoms with Crippen molar-refractivity contribution in [2.24, 2.45) is 0 Å². The summed E-state index contributed by atoms with van der Waals surface area (Å²) >= 11 is 0. The van der Waals surface area contributed by atoms with Crippen LogP contribution in [0.1, 0.15) is 29.4 Å². The molecule has 2 heterocycles. The second-order valence-corrected chi connectivity index (χ2v) is 6.10. The lowest BCUT2D eigenvalue weighted by atomic mass is 9.96. The fourth-order valence-electron chi connectivity index (χ4n) is 3.02. The maximum atomic E-state index is 12.5. The highest BCUT2D eigenvalue weighted by molar-refractivity contribution is 5.92. The van der Waals surface area contributed by atoms with Gasteiger partial charge in [0, 0.05) is 11.8 Å². The average molecular weight is 346 g/mol. The van der Waals surface area contributed by atoms with Crippen molar-refractivity contribution in [3.05, 3.63) is 72.6 Å². The van der Waals surface area contributed by atoms with Crippen LogP contribution in [-0.2, 0) is 0 Å². The van der Waals surface area contributed by atoms with E-state index in [4.69, 9.17) is 0 Å². The molecule has 1 aliphatic rings. The number of pyridine rings is 1. The molecule has 0 saturated heterocycles. The Bertz CT molecular complexity index is 906. The second-order valence-electron chi connectivity index (χ2n) is 6.10. The van der Waals surface area contributed by atoms with Crippen molar-refractivity contribution in [2.45, 2.75) is 24.9 Å². The van der Waals surface area contributed by atoms with Gasteiger partial charge in [0.15, 0.2) is 0 Å². The van der Waals surface area contributed by atoms with Gasteiger partial charge in [-0.15, -0.1) is 10.2 Å². The standard InChI is InChI=1S/C19H18N6O/c26-19(16-11-6-7-13-20-16)21-15-10-4-5-12-17(15)25-23-18(22-24-25)14-8-2-1-3-9-14/h1-9,11,13,15,17H,10,12H2,(H,21,26)/t15-,17-/m0/s1. The summed E-state index contributed by atoms with van der Waals surface area (Å²) in [4.78, 5) is 18.2. The van der Waals surface area contributed by atoms with E-state index in [-0.39, 0.29) is 18.0 Å². The minimum atomic E-state index is -0.195. The molecule has 2 aromatic heterocycles. The molecule has 130 valence electrons. The third kappa shape index (κ3) is 3.37. The summed E-state index contributed by atoms with van der Waals surface area (Å²) in [7, 11) is 0. The quantitative estimate of drug-likeness (QED) is 0.733. The molecule has 4 rings (SSSR count). The zero-order chi connectivity index (χ0) is 17.8. The maximum absolute atomic E-state index is 12.5. The number of benzene rings is 1. The van der Waals surface area contributed by atoms with Gasteiger partial charge in [0.2, 0.25) is 5.82 Å². The Labute approximate surface area is 150 Å². The van der Waals surface area contributed by atoms with Gasteiger partial charge in [0.1, 0.15) is 5.69 Å². The van der Waals surface area contributed by atoms with Crippen LogP contribution in [-0.4, -0.2) is 37.1 Å². The first-order chi connectivity index (χ1) is 12.8. The first-order valence-corrected chi connectivity index (χ1v) is 8.53. The zero-order valence-electron chi connectivity index (χ0n) is 14.1. The Morgan fingerprint density at radius 1 is 1.04 bits per heavy atom. The highest BCUT2D eigenvalue weighted by Gasteiger charge is 2.28. The van der Waals surface area contributed by atoms with Crippen molar-refractivity contribution in [1.82, 2.24) is 30.5 Å². The molecule has 0 bridgehead atoms. The number of allylic oxidation sites excluding steroid dienone is 1. The van der Waals surface area contributed by atoms with E-state index in [2.05, 4.69) is 37.9 Å². The van der Waals surface area contributed by atoms with Gasteiger partial charge in [-0.1, -0.05) is 48.6 Å². The molecule has 3 aromatic rings. The topological polar surface area (TPSA) is 85.6 Å². The summed E-state index contributed by atoms with van der Waals surface area (Å²) in [5.41, 5.74) is 1.32. The number of tetrazole rings is 1. The Balaban J connectivity index is 1.54. The van der Waals surface area contributed by atoms with Crippen LogP contribution in [0, 0.1) is 0 Å². The van der Waals surface area contributed by atoms with Crippen LogP contribution in [0.3, 0.4) is 0 Å². The number of nitrogens with one attached hydrogen (secondary N) is 1. The molecule has 1 aliphatic carbocycles. The molecule has 2 atom stereocenters. The second kappa shape index (κ2) is 7.26. The van der Waals surface area contributed by atoms with Crippen LogP contribution in [0.4, 0.5) is 0 Å². The molecular weight excluding hydrogens is 328 g/mol. The van der Waals surface area contributed by atoms with Gasteiger partial charge in [-0.2, -0.15) is 4.80 Å². The smallest absolute Gasteiger partial charge is 0.270 e. The monoisotopic (exact) mass is 346 g/mol. The minimum Gasteiger partial charge on any atom is -0.345 e. The van der Waals surface area contributed by atoms with E-state index in [1.165, 1.54) is 0 Å². The summed E-state index contributed by atoms with van der Waals surface area (Å²) < 4.78 is 0. The number of carbonyl (C=O) groups is 1. The van der Waals surface area contributed by atoms with E-state index in [0.29, 0.717) is 17.9 Å². The van der Waals surface area contributed by atoms with Crippen LogP contribution in [0.5, 0.6) is 0 Å². The van der Waals surface area contributed by atoms with E-state index in [9.17, 15) is 4.79 Å². The number of carbonyl (C=O) groups excluding carboxylic acids is 1. The van der Waals surface area contributed by atoms with Crippen LogP contribution in [0.15, 0.2) is 66.9 Å². The van der Waals surface area contributed by atoms with Gasteiger partial charge < -0.3 is 5.32 Å². The lowest BCUT2D eigenvalue weighted by molar-refractivity contribution is 0.0912. The first-order valence-electron chi connectivity index (χ1n) is 8.53. The largest absolute Gasteiger partial charge is 0.345 e. The Morgan fingerprint density at radius 2 is 1.85 bits per heavy atom. The summed E-state index contributed by atoms with van der Waals surface area (Å²) in [6, 6.07) is 14.8. The molecular formula is C19H18N6O. The highest BCUT2D eigenvalue weighted by atomic mass is 16.2. The van der Waals surface area contributed by atoms with E-state index in [0.717, 1.165) is 12.0 Å². The van der Waals surface area contributed by atoms with E-state index >= 15 is 0 Å². The van der Waals surface area contributed by atoms with Crippen molar-refractivity contribution >= 4 is 5.91 Å². The molecule has 1 aromatic carbocycles. The van der Waals surface area contributed by atoms with Gasteiger partial charge in [0.25, 0.3) is 5.91 Å². The fraction of sp³-hybridized carbons (Fsp3) is 0.211. The Hall–Kier alpha value is -3.35. The van der Waals surface area contributed by atoms with Crippen LogP contribution in [0.2, 0.25) is 0 Å². The van der Waals surface area contributed by atoms with E-state index in [1.807, 2.05) is 30.3 Å². The van der Waals surface area contributed by atoms with Crippen LogP contribution >= 0.6 is 0 Å². The Kier molecular flexibility index (Phi) is 4.51. The molecule has 0 aliphatic heterocycles. The zero-order valence-corrected chi connectivity index (χ0v) is 14.1. The molecule has 1 amide bonds. The molecule has 7 heteroatoms. The summed E-state index contributed by atoms with van der Waals surface area (Å²) in [5.74, 6) is 0.384. The third-order valence-corrected chi connectivity index (χ3v) is 4.37.